The van der Waals surface area contributed by atoms with Gasteiger partial charge in [-0.25, -0.2) is 27.6 Å². The first kappa shape index (κ1) is 28.4. The summed E-state index contributed by atoms with van der Waals surface area (Å²) in [6, 6.07) is 23.8. The lowest BCUT2D eigenvalue weighted by atomic mass is 10.2. The lowest BCUT2D eigenvalue weighted by Gasteiger charge is -2.15. The Bertz CT molecular complexity index is 2230. The fourth-order valence-electron chi connectivity index (χ4n) is 6.08. The number of imide groups is 2. The summed E-state index contributed by atoms with van der Waals surface area (Å²) >= 11 is 0. The van der Waals surface area contributed by atoms with Crippen molar-refractivity contribution < 1.29 is 27.6 Å². The van der Waals surface area contributed by atoms with Crippen LogP contribution in [0.2, 0.25) is 0 Å². The molecule has 2 aliphatic heterocycles. The molecule has 14 nitrogen and oxygen atoms in total. The van der Waals surface area contributed by atoms with Gasteiger partial charge in [0.2, 0.25) is 21.7 Å². The number of benzene rings is 4. The summed E-state index contributed by atoms with van der Waals surface area (Å²) in [5.74, 6) is -1.66. The van der Waals surface area contributed by atoms with Gasteiger partial charge in [0.15, 0.2) is 0 Å². The molecule has 8 rings (SSSR count). The van der Waals surface area contributed by atoms with Gasteiger partial charge in [-0.2, -0.15) is 0 Å². The molecule has 0 aliphatic carbocycles. The van der Waals surface area contributed by atoms with Gasteiger partial charge in [0, 0.05) is 0 Å². The number of carbonyl (C=O) groups excluding carboxylic acids is 4. The molecular weight excluding hydrogens is 624 g/mol. The molecule has 2 atom stereocenters. The Hall–Kier alpha value is -6.09. The molecule has 2 aliphatic rings. The van der Waals surface area contributed by atoms with Crippen LogP contribution >= 0.6 is 0 Å². The number of anilines is 2. The molecule has 4 amide bonds. The second-order valence-electron chi connectivity index (χ2n) is 11.1. The van der Waals surface area contributed by atoms with E-state index in [-0.39, 0.29) is 45.5 Å². The molecule has 232 valence electrons. The van der Waals surface area contributed by atoms with Gasteiger partial charge in [0.1, 0.15) is 23.1 Å². The van der Waals surface area contributed by atoms with Crippen LogP contribution in [-0.4, -0.2) is 62.0 Å². The maximum Gasteiger partial charge on any atom is 0.259 e. The van der Waals surface area contributed by atoms with E-state index in [9.17, 15) is 27.6 Å². The summed E-state index contributed by atoms with van der Waals surface area (Å²) in [5.41, 5.74) is 2.15. The van der Waals surface area contributed by atoms with Crippen molar-refractivity contribution in [2.45, 2.75) is 34.7 Å². The van der Waals surface area contributed by atoms with Gasteiger partial charge < -0.3 is 0 Å². The summed E-state index contributed by atoms with van der Waals surface area (Å²) in [4.78, 5) is 54.1. The number of hydrogen-bond acceptors (Lipinski definition) is 10. The van der Waals surface area contributed by atoms with E-state index in [1.165, 1.54) is 45.8 Å². The Morgan fingerprint density at radius 1 is 0.553 bits per heavy atom. The number of carbonyl (C=O) groups is 4. The highest BCUT2D eigenvalue weighted by Crippen LogP contribution is 2.34. The molecule has 4 heterocycles. The van der Waals surface area contributed by atoms with E-state index in [1.54, 1.807) is 60.7 Å². The Kier molecular flexibility index (Phi) is 6.33. The van der Waals surface area contributed by atoms with Crippen LogP contribution in [0.1, 0.15) is 24.9 Å². The predicted octanol–water partition coefficient (Wildman–Crippen LogP) is 3.02. The fraction of sp³-hybridized carbons (Fsp3) is 0.125. The molecule has 47 heavy (non-hydrogen) atoms. The average Bonchev–Trinajstić information content (AvgIpc) is 3.84. The van der Waals surface area contributed by atoms with Crippen molar-refractivity contribution >= 4 is 66.9 Å². The molecule has 0 saturated carbocycles. The van der Waals surface area contributed by atoms with E-state index >= 15 is 0 Å². The van der Waals surface area contributed by atoms with E-state index < -0.39 is 33.7 Å². The molecule has 2 fully saturated rings. The van der Waals surface area contributed by atoms with Crippen LogP contribution in [0.4, 0.5) is 11.4 Å². The predicted molar refractivity (Wildman–Crippen MR) is 166 cm³/mol. The highest BCUT2D eigenvalue weighted by molar-refractivity contribution is 7.91. The van der Waals surface area contributed by atoms with Crippen LogP contribution < -0.4 is 9.80 Å². The number of aromatic nitrogens is 6. The summed E-state index contributed by atoms with van der Waals surface area (Å²) in [6.07, 6.45) is -0.227. The maximum absolute atomic E-state index is 13.7. The Morgan fingerprint density at radius 3 is 1.36 bits per heavy atom. The van der Waals surface area contributed by atoms with E-state index in [0.717, 1.165) is 9.80 Å². The Morgan fingerprint density at radius 2 is 0.957 bits per heavy atom. The zero-order valence-electron chi connectivity index (χ0n) is 24.2. The van der Waals surface area contributed by atoms with Crippen LogP contribution in [0.5, 0.6) is 0 Å². The van der Waals surface area contributed by atoms with Gasteiger partial charge >= 0.3 is 0 Å². The molecule has 2 aromatic heterocycles. The van der Waals surface area contributed by atoms with Crippen LogP contribution in [0.15, 0.2) is 107 Å². The van der Waals surface area contributed by atoms with Crippen molar-refractivity contribution in [3.8, 4) is 0 Å². The minimum atomic E-state index is -4.08. The molecule has 0 spiro atoms. The van der Waals surface area contributed by atoms with Gasteiger partial charge in [0.25, 0.3) is 11.8 Å². The van der Waals surface area contributed by atoms with E-state index in [4.69, 9.17) is 0 Å². The minimum Gasteiger partial charge on any atom is -0.274 e. The summed E-state index contributed by atoms with van der Waals surface area (Å²) in [7, 11) is -4.08. The lowest BCUT2D eigenvalue weighted by molar-refractivity contribution is -0.123. The lowest BCUT2D eigenvalue weighted by Crippen LogP contribution is -2.31. The van der Waals surface area contributed by atoms with Crippen LogP contribution in [-0.2, 0) is 29.0 Å². The fourth-order valence-corrected chi connectivity index (χ4v) is 7.38. The number of sulfone groups is 1. The number of rotatable bonds is 6. The molecule has 6 aromatic rings. The standard InChI is InChI=1S/C32H22N8O6S/c41-29-17-27(31(43)37(29)19-7-3-1-4-8-19)39-25-13-11-21(15-23(25)33-35-39)47(45,46)22-12-14-26-24(16-22)34-36-40(26)28-18-30(42)38(32(28)44)20-9-5-2-6-10-20/h1-16,27-28H,17-18H2. The molecule has 2 unspecified atom stereocenters. The molecule has 2 saturated heterocycles. The molecule has 0 radical (unpaired) electrons. The highest BCUT2D eigenvalue weighted by Gasteiger charge is 2.43. The van der Waals surface area contributed by atoms with Gasteiger partial charge in [-0.15, -0.1) is 10.2 Å². The molecule has 0 N–H and O–H groups in total. The first-order valence-electron chi connectivity index (χ1n) is 14.5. The Balaban J connectivity index is 1.07. The normalized spacial score (nSPS) is 18.7. The van der Waals surface area contributed by atoms with Crippen LogP contribution in [0, 0.1) is 0 Å². The van der Waals surface area contributed by atoms with Crippen molar-refractivity contribution in [2.24, 2.45) is 0 Å². The first-order valence-corrected chi connectivity index (χ1v) is 16.0. The van der Waals surface area contributed by atoms with E-state index in [1.807, 2.05) is 0 Å². The zero-order chi connectivity index (χ0) is 32.4. The molecule has 4 aromatic carbocycles. The van der Waals surface area contributed by atoms with E-state index in [2.05, 4.69) is 20.6 Å². The van der Waals surface area contributed by atoms with Crippen LogP contribution in [0.3, 0.4) is 0 Å². The first-order chi connectivity index (χ1) is 22.7. The zero-order valence-corrected chi connectivity index (χ0v) is 25.1. The number of amides is 4. The maximum atomic E-state index is 13.7. The van der Waals surface area contributed by atoms with E-state index in [0.29, 0.717) is 22.4 Å². The SMILES string of the molecule is O=C1CC(n2nnc3cc(S(=O)(=O)c4ccc5c(c4)nnn5C4CC(=O)N(c5ccccc5)C4=O)ccc32)C(=O)N1c1ccccc1. The van der Waals surface area contributed by atoms with Gasteiger partial charge in [-0.05, 0) is 60.7 Å². The third kappa shape index (κ3) is 4.42. The topological polar surface area (TPSA) is 170 Å². The van der Waals surface area contributed by atoms with Gasteiger partial charge in [0.05, 0.1) is 45.0 Å². The summed E-state index contributed by atoms with van der Waals surface area (Å²) in [6.45, 7) is 0. The average molecular weight is 647 g/mol. The van der Waals surface area contributed by atoms with Gasteiger partial charge in [-0.1, -0.05) is 46.8 Å². The molecule has 15 heteroatoms. The number of nitrogens with zero attached hydrogens (tertiary/aromatic N) is 8. The van der Waals surface area contributed by atoms with Crippen molar-refractivity contribution in [2.75, 3.05) is 9.80 Å². The van der Waals surface area contributed by atoms with Crippen molar-refractivity contribution in [3.63, 3.8) is 0 Å². The number of fused-ring (bicyclic) bond motifs is 2. The third-order valence-corrected chi connectivity index (χ3v) is 10.1. The summed E-state index contributed by atoms with van der Waals surface area (Å²) in [5, 5.41) is 16.4. The smallest absolute Gasteiger partial charge is 0.259 e. The largest absolute Gasteiger partial charge is 0.274 e. The van der Waals surface area contributed by atoms with Gasteiger partial charge in [-0.3, -0.25) is 19.2 Å². The number of para-hydroxylation sites is 2. The second kappa shape index (κ2) is 10.5. The van der Waals surface area contributed by atoms with Crippen molar-refractivity contribution in [1.29, 1.82) is 0 Å². The van der Waals surface area contributed by atoms with Crippen LogP contribution in [0.25, 0.3) is 22.1 Å². The second-order valence-corrected chi connectivity index (χ2v) is 13.1. The number of hydrogen-bond donors (Lipinski definition) is 0. The summed E-state index contributed by atoms with van der Waals surface area (Å²) < 4.78 is 30.1. The molecule has 0 bridgehead atoms. The highest BCUT2D eigenvalue weighted by atomic mass is 32.2. The van der Waals surface area contributed by atoms with Crippen molar-refractivity contribution in [1.82, 2.24) is 30.0 Å². The van der Waals surface area contributed by atoms with Crippen molar-refractivity contribution in [3.05, 3.63) is 97.1 Å². The quantitative estimate of drug-likeness (QED) is 0.245. The molecular formula is C32H22N8O6S. The minimum absolute atomic E-state index is 0.0707. The Labute approximate surface area is 265 Å². The monoisotopic (exact) mass is 646 g/mol. The third-order valence-electron chi connectivity index (χ3n) is 8.37.